The molecule has 0 aliphatic heterocycles. The Kier molecular flexibility index (Phi) is 9.24. The molecule has 2 aromatic heterocycles. The molecule has 2 N–H and O–H groups in total. The number of thiophene rings is 2. The van der Waals surface area contributed by atoms with E-state index >= 15 is 0 Å². The van der Waals surface area contributed by atoms with Crippen LogP contribution in [0, 0.1) is 0 Å². The molecule has 2 aromatic rings. The van der Waals surface area contributed by atoms with Crippen LogP contribution in [-0.4, -0.2) is 44.3 Å². The monoisotopic (exact) mass is 371 g/mol. The van der Waals surface area contributed by atoms with Gasteiger partial charge in [-0.25, -0.2) is 4.79 Å². The van der Waals surface area contributed by atoms with E-state index in [1.165, 1.54) is 16.0 Å². The highest BCUT2D eigenvalue weighted by molar-refractivity contribution is 7.08. The van der Waals surface area contributed by atoms with Crippen LogP contribution in [0.4, 0.5) is 0 Å². The molecule has 132 valence electrons. The smallest absolute Gasteiger partial charge is 0.351 e. The van der Waals surface area contributed by atoms with Crippen LogP contribution >= 0.6 is 22.7 Å². The molecule has 8 heteroatoms. The van der Waals surface area contributed by atoms with Crippen molar-refractivity contribution in [3.8, 4) is 0 Å². The molecule has 0 aromatic carbocycles. The summed E-state index contributed by atoms with van der Waals surface area (Å²) < 4.78 is 6.08. The molecule has 2 rings (SSSR count). The van der Waals surface area contributed by atoms with Gasteiger partial charge in [0.15, 0.2) is 5.97 Å². The first-order valence-electron chi connectivity index (χ1n) is 7.31. The molecule has 0 spiro atoms. The molecule has 24 heavy (non-hydrogen) atoms. The maximum atomic E-state index is 9.04. The van der Waals surface area contributed by atoms with Crippen molar-refractivity contribution in [1.29, 1.82) is 0 Å². The molecule has 0 saturated heterocycles. The standard InChI is InChI=1S/C14H19NOS2.C2H2O4/c1-15(2)6-3-7-16-14(12-4-8-17-10-12)13-5-9-18-11-13;3-1(4)2(5)6/h4-5,8-11,14H,3,6-7H2,1-2H3;(H,3,4)(H,5,6). The number of rotatable bonds is 7. The Balaban J connectivity index is 0.000000413. The molecule has 0 unspecified atom stereocenters. The Hall–Kier alpha value is -1.74. The summed E-state index contributed by atoms with van der Waals surface area (Å²) in [5.74, 6) is -4.01. The highest BCUT2D eigenvalue weighted by Crippen LogP contribution is 2.29. The van der Waals surface area contributed by atoms with Crippen LogP contribution in [0.3, 0.4) is 0 Å². The molecule has 0 saturated carbocycles. The van der Waals surface area contributed by atoms with Crippen molar-refractivity contribution in [2.75, 3.05) is 27.2 Å². The van der Waals surface area contributed by atoms with Gasteiger partial charge >= 0.3 is 5.97 Å². The molecule has 0 fully saturated rings. The van der Waals surface area contributed by atoms with E-state index in [0.29, 0.717) is 0 Å². The fraction of sp³-hybridized carbons (Fsp3) is 0.375. The first-order valence-corrected chi connectivity index (χ1v) is 9.19. The highest BCUT2D eigenvalue weighted by Gasteiger charge is 2.15. The lowest BCUT2D eigenvalue weighted by molar-refractivity contribution is -0.858. The summed E-state index contributed by atoms with van der Waals surface area (Å²) >= 11 is 3.46. The number of carboxylic acid groups (broad SMARTS) is 2. The van der Waals surface area contributed by atoms with Gasteiger partial charge < -0.3 is 24.6 Å². The van der Waals surface area contributed by atoms with Crippen molar-refractivity contribution in [2.45, 2.75) is 12.5 Å². The summed E-state index contributed by atoms with van der Waals surface area (Å²) in [5.41, 5.74) is 2.55. The average Bonchev–Trinajstić information content (AvgIpc) is 3.21. The number of aliphatic carboxylic acids is 2. The third-order valence-corrected chi connectivity index (χ3v) is 4.38. The second-order valence-corrected chi connectivity index (χ2v) is 6.83. The van der Waals surface area contributed by atoms with Gasteiger partial charge in [0.1, 0.15) is 6.10 Å². The van der Waals surface area contributed by atoms with E-state index in [1.54, 1.807) is 22.7 Å². The van der Waals surface area contributed by atoms with Crippen molar-refractivity contribution < 1.29 is 29.4 Å². The molecule has 6 nitrogen and oxygen atoms in total. The number of carbonyl (C=O) groups excluding carboxylic acids is 1. The van der Waals surface area contributed by atoms with E-state index in [-0.39, 0.29) is 6.10 Å². The minimum Gasteiger partial charge on any atom is -0.539 e. The molecule has 0 aliphatic carbocycles. The van der Waals surface area contributed by atoms with Crippen LogP contribution in [0.2, 0.25) is 0 Å². The normalized spacial score (nSPS) is 10.5. The molecule has 0 aliphatic rings. The molecule has 0 amide bonds. The molecule has 0 radical (unpaired) electrons. The number of quaternary nitrogens is 1. The predicted molar refractivity (Wildman–Crippen MR) is 91.4 cm³/mol. The summed E-state index contributed by atoms with van der Waals surface area (Å²) in [6.45, 7) is 1.97. The van der Waals surface area contributed by atoms with E-state index < -0.39 is 11.9 Å². The largest absolute Gasteiger partial charge is 0.539 e. The minimum atomic E-state index is -2.07. The predicted octanol–water partition coefficient (Wildman–Crippen LogP) is 0.271. The van der Waals surface area contributed by atoms with Gasteiger partial charge in [0.2, 0.25) is 0 Å². The van der Waals surface area contributed by atoms with Crippen LogP contribution in [-0.2, 0) is 14.3 Å². The molecule has 2 heterocycles. The third-order valence-electron chi connectivity index (χ3n) is 2.97. The van der Waals surface area contributed by atoms with E-state index in [1.807, 2.05) is 0 Å². The van der Waals surface area contributed by atoms with E-state index in [9.17, 15) is 0 Å². The van der Waals surface area contributed by atoms with E-state index in [4.69, 9.17) is 24.5 Å². The topological polar surface area (TPSA) is 91.1 Å². The van der Waals surface area contributed by atoms with Crippen molar-refractivity contribution in [3.63, 3.8) is 0 Å². The fourth-order valence-electron chi connectivity index (χ4n) is 1.86. The summed E-state index contributed by atoms with van der Waals surface area (Å²) in [7, 11) is 4.35. The zero-order chi connectivity index (χ0) is 17.9. The van der Waals surface area contributed by atoms with Crippen LogP contribution in [0.5, 0.6) is 0 Å². The average molecular weight is 371 g/mol. The van der Waals surface area contributed by atoms with Crippen molar-refractivity contribution in [1.82, 2.24) is 0 Å². The molecule has 0 atom stereocenters. The van der Waals surface area contributed by atoms with E-state index in [0.717, 1.165) is 19.6 Å². The van der Waals surface area contributed by atoms with Gasteiger partial charge in [-0.2, -0.15) is 22.7 Å². The first kappa shape index (κ1) is 20.3. The maximum absolute atomic E-state index is 9.04. The summed E-state index contributed by atoms with van der Waals surface area (Å²) in [6.07, 6.45) is 1.22. The van der Waals surface area contributed by atoms with Crippen LogP contribution in [0.15, 0.2) is 33.7 Å². The van der Waals surface area contributed by atoms with Crippen molar-refractivity contribution >= 4 is 34.6 Å². The summed E-state index contributed by atoms with van der Waals surface area (Å²) in [5, 5.41) is 24.9. The zero-order valence-electron chi connectivity index (χ0n) is 13.6. The molecule has 0 bridgehead atoms. The van der Waals surface area contributed by atoms with Gasteiger partial charge in [0.05, 0.1) is 27.2 Å². The second-order valence-electron chi connectivity index (χ2n) is 5.27. The number of hydrogen-bond acceptors (Lipinski definition) is 6. The van der Waals surface area contributed by atoms with E-state index in [2.05, 4.69) is 47.7 Å². The first-order chi connectivity index (χ1) is 11.4. The lowest BCUT2D eigenvalue weighted by Gasteiger charge is -2.16. The fourth-order valence-corrected chi connectivity index (χ4v) is 3.21. The van der Waals surface area contributed by atoms with Gasteiger partial charge in [-0.05, 0) is 44.8 Å². The van der Waals surface area contributed by atoms with Gasteiger partial charge in [-0.1, -0.05) is 0 Å². The number of hydrogen-bond donors (Lipinski definition) is 2. The number of carboxylic acids is 2. The lowest BCUT2D eigenvalue weighted by atomic mass is 10.1. The Morgan fingerprint density at radius 1 is 1.21 bits per heavy atom. The van der Waals surface area contributed by atoms with Gasteiger partial charge in [-0.15, -0.1) is 0 Å². The maximum Gasteiger partial charge on any atom is 0.351 e. The lowest BCUT2D eigenvalue weighted by Crippen LogP contribution is -3.05. The van der Waals surface area contributed by atoms with Gasteiger partial charge in [-0.3, -0.25) is 0 Å². The SMILES string of the molecule is C[NH+](C)CCCOC(c1ccsc1)c1ccsc1.O=C([O-])C(=O)O. The van der Waals surface area contributed by atoms with Gasteiger partial charge in [0.25, 0.3) is 0 Å². The van der Waals surface area contributed by atoms with Crippen molar-refractivity contribution in [2.24, 2.45) is 0 Å². The second kappa shape index (κ2) is 10.9. The van der Waals surface area contributed by atoms with Crippen LogP contribution in [0.25, 0.3) is 0 Å². The van der Waals surface area contributed by atoms with Crippen LogP contribution < -0.4 is 10.0 Å². The molecular weight excluding hydrogens is 350 g/mol. The van der Waals surface area contributed by atoms with Crippen LogP contribution in [0.1, 0.15) is 23.7 Å². The summed E-state index contributed by atoms with van der Waals surface area (Å²) in [4.78, 5) is 19.5. The third kappa shape index (κ3) is 7.69. The minimum absolute atomic E-state index is 0.111. The van der Waals surface area contributed by atoms with Gasteiger partial charge in [0, 0.05) is 6.42 Å². The Morgan fingerprint density at radius 2 is 1.71 bits per heavy atom. The zero-order valence-corrected chi connectivity index (χ0v) is 15.2. The summed E-state index contributed by atoms with van der Waals surface area (Å²) in [6, 6.07) is 4.31. The highest BCUT2D eigenvalue weighted by atomic mass is 32.1. The Bertz CT molecular complexity index is 550. The number of carbonyl (C=O) groups is 2. The molecular formula is C16H21NO5S2. The number of ether oxygens (including phenoxy) is 1. The quantitative estimate of drug-likeness (QED) is 0.539. The Labute approximate surface area is 148 Å². The van der Waals surface area contributed by atoms with Crippen molar-refractivity contribution in [3.05, 3.63) is 44.8 Å². The Morgan fingerprint density at radius 3 is 2.04 bits per heavy atom. The number of nitrogens with one attached hydrogen (secondary N) is 1.